The predicted octanol–water partition coefficient (Wildman–Crippen LogP) is 5.39. The lowest BCUT2D eigenvalue weighted by molar-refractivity contribution is -0.384. The second-order valence-corrected chi connectivity index (χ2v) is 13.3. The molecule has 0 radical (unpaired) electrons. The molecule has 3 heterocycles. The lowest BCUT2D eigenvalue weighted by Gasteiger charge is -2.37. The fourth-order valence-corrected chi connectivity index (χ4v) is 7.85. The van der Waals surface area contributed by atoms with Gasteiger partial charge in [0.15, 0.2) is 0 Å². The van der Waals surface area contributed by atoms with Crippen molar-refractivity contribution in [3.63, 3.8) is 0 Å². The van der Waals surface area contributed by atoms with Crippen molar-refractivity contribution < 1.29 is 22.9 Å². The van der Waals surface area contributed by atoms with Crippen molar-refractivity contribution in [3.8, 4) is 11.4 Å². The lowest BCUT2D eigenvalue weighted by atomic mass is 10.0. The molecule has 0 saturated carbocycles. The molecule has 0 aliphatic carbocycles. The third kappa shape index (κ3) is 4.86. The molecule has 0 saturated heterocycles. The molecule has 0 fully saturated rings. The lowest BCUT2D eigenvalue weighted by Crippen LogP contribution is -2.48. The molecule has 13 heteroatoms. The maximum Gasteiger partial charge on any atom is 0.269 e. The van der Waals surface area contributed by atoms with E-state index in [0.717, 1.165) is 28.2 Å². The molecule has 0 spiro atoms. The van der Waals surface area contributed by atoms with Gasteiger partial charge in [0.2, 0.25) is 10.0 Å². The van der Waals surface area contributed by atoms with E-state index in [-0.39, 0.29) is 41.3 Å². The van der Waals surface area contributed by atoms with Crippen LogP contribution in [0.4, 0.5) is 5.69 Å². The largest absolute Gasteiger partial charge is 0.324 e. The average molecular weight is 665 g/mol. The van der Waals surface area contributed by atoms with Gasteiger partial charge in [0, 0.05) is 30.8 Å². The molecule has 1 atom stereocenters. The van der Waals surface area contributed by atoms with Crippen LogP contribution in [0.3, 0.4) is 0 Å². The van der Waals surface area contributed by atoms with Gasteiger partial charge in [-0.25, -0.2) is 13.4 Å². The van der Waals surface area contributed by atoms with E-state index in [4.69, 9.17) is 4.98 Å². The molecule has 2 aliphatic rings. The number of halogens is 1. The van der Waals surface area contributed by atoms with Crippen LogP contribution in [0, 0.1) is 10.1 Å². The van der Waals surface area contributed by atoms with Gasteiger partial charge in [-0.15, -0.1) is 0 Å². The van der Waals surface area contributed by atoms with Gasteiger partial charge in [0.1, 0.15) is 10.4 Å². The third-order valence-electron chi connectivity index (χ3n) is 7.89. The maximum absolute atomic E-state index is 14.1. The summed E-state index contributed by atoms with van der Waals surface area (Å²) >= 11 is 3.55. The maximum atomic E-state index is 14.1. The molecule has 220 valence electrons. The Morgan fingerprint density at radius 2 is 1.56 bits per heavy atom. The smallest absolute Gasteiger partial charge is 0.269 e. The van der Waals surface area contributed by atoms with E-state index in [1.54, 1.807) is 24.3 Å². The first-order valence-corrected chi connectivity index (χ1v) is 15.8. The monoisotopic (exact) mass is 663 g/mol. The first kappa shape index (κ1) is 28.9. The number of rotatable bonds is 7. The highest BCUT2D eigenvalue weighted by molar-refractivity contribution is 9.10. The molecule has 0 unspecified atom stereocenters. The van der Waals surface area contributed by atoms with Gasteiger partial charge >= 0.3 is 0 Å². The number of sulfonamides is 1. The van der Waals surface area contributed by atoms with Crippen molar-refractivity contribution in [2.24, 2.45) is 0 Å². The van der Waals surface area contributed by atoms with E-state index in [1.807, 2.05) is 28.8 Å². The first-order valence-electron chi connectivity index (χ1n) is 13.6. The van der Waals surface area contributed by atoms with Crippen molar-refractivity contribution in [2.75, 3.05) is 13.1 Å². The van der Waals surface area contributed by atoms with Crippen LogP contribution in [0.15, 0.2) is 82.3 Å². The van der Waals surface area contributed by atoms with Gasteiger partial charge in [0.25, 0.3) is 17.5 Å². The second kappa shape index (κ2) is 10.8. The number of carbonyl (C=O) groups is 2. The zero-order valence-corrected chi connectivity index (χ0v) is 25.6. The summed E-state index contributed by atoms with van der Waals surface area (Å²) in [7, 11) is -4.23. The minimum atomic E-state index is -4.23. The van der Waals surface area contributed by atoms with Crippen LogP contribution < -0.4 is 0 Å². The van der Waals surface area contributed by atoms with Gasteiger partial charge in [0.05, 0.1) is 39.2 Å². The molecule has 2 amide bonds. The number of fused-ring (bicyclic) bond motifs is 2. The van der Waals surface area contributed by atoms with E-state index >= 15 is 0 Å². The minimum Gasteiger partial charge on any atom is -0.324 e. The Morgan fingerprint density at radius 3 is 2.12 bits per heavy atom. The molecule has 11 nitrogen and oxygen atoms in total. The Kier molecular flexibility index (Phi) is 7.27. The zero-order chi connectivity index (χ0) is 30.6. The molecule has 43 heavy (non-hydrogen) atoms. The third-order valence-corrected chi connectivity index (χ3v) is 10.4. The van der Waals surface area contributed by atoms with E-state index in [2.05, 4.69) is 29.8 Å². The molecule has 6 rings (SSSR count). The number of non-ortho nitro benzene ring substituents is 1. The van der Waals surface area contributed by atoms with Crippen LogP contribution in [-0.4, -0.2) is 57.0 Å². The summed E-state index contributed by atoms with van der Waals surface area (Å²) in [6.45, 7) is 4.22. The number of amides is 2. The summed E-state index contributed by atoms with van der Waals surface area (Å²) in [5, 5.41) is 11.2. The highest BCUT2D eigenvalue weighted by Gasteiger charge is 2.44. The molecule has 1 aromatic heterocycles. The topological polar surface area (TPSA) is 136 Å². The Balaban J connectivity index is 1.45. The van der Waals surface area contributed by atoms with Crippen LogP contribution in [0.1, 0.15) is 57.8 Å². The van der Waals surface area contributed by atoms with Crippen molar-refractivity contribution in [3.05, 3.63) is 110 Å². The van der Waals surface area contributed by atoms with Crippen LogP contribution in [0.5, 0.6) is 0 Å². The summed E-state index contributed by atoms with van der Waals surface area (Å²) < 4.78 is 31.7. The fourth-order valence-electron chi connectivity index (χ4n) is 5.63. The van der Waals surface area contributed by atoms with Gasteiger partial charge in [-0.1, -0.05) is 50.2 Å². The number of imidazole rings is 1. The first-order chi connectivity index (χ1) is 20.5. The Labute approximate surface area is 256 Å². The van der Waals surface area contributed by atoms with E-state index in [9.17, 15) is 28.1 Å². The number of benzene rings is 3. The fraction of sp³-hybridized carbons (Fsp3) is 0.233. The number of nitrogens with zero attached hydrogens (tertiary/aromatic N) is 5. The number of aromatic nitrogens is 2. The van der Waals surface area contributed by atoms with Gasteiger partial charge in [-0.3, -0.25) is 24.6 Å². The molecule has 2 aliphatic heterocycles. The summed E-state index contributed by atoms with van der Waals surface area (Å²) in [4.78, 5) is 43.0. The molecule has 0 N–H and O–H groups in total. The number of nitro groups is 1. The number of hydrogen-bond acceptors (Lipinski definition) is 7. The molecule has 3 aromatic carbocycles. The highest BCUT2D eigenvalue weighted by atomic mass is 79.9. The summed E-state index contributed by atoms with van der Waals surface area (Å²) in [5.41, 5.74) is 2.77. The van der Waals surface area contributed by atoms with Crippen molar-refractivity contribution in [1.29, 1.82) is 0 Å². The van der Waals surface area contributed by atoms with Crippen LogP contribution in [0.2, 0.25) is 0 Å². The molecule has 4 aromatic rings. The molecular weight excluding hydrogens is 638 g/mol. The second-order valence-electron chi connectivity index (χ2n) is 10.7. The van der Waals surface area contributed by atoms with E-state index < -0.39 is 32.8 Å². The average Bonchev–Trinajstić information content (AvgIpc) is 3.46. The van der Waals surface area contributed by atoms with Crippen LogP contribution in [-0.2, 0) is 16.6 Å². The minimum absolute atomic E-state index is 0.0139. The number of hydrogen-bond donors (Lipinski definition) is 0. The van der Waals surface area contributed by atoms with Crippen LogP contribution >= 0.6 is 15.9 Å². The Morgan fingerprint density at radius 1 is 0.953 bits per heavy atom. The number of imide groups is 1. The van der Waals surface area contributed by atoms with E-state index in [1.165, 1.54) is 16.4 Å². The van der Waals surface area contributed by atoms with Gasteiger partial charge in [-0.2, -0.15) is 4.31 Å². The normalized spacial score (nSPS) is 16.9. The van der Waals surface area contributed by atoms with Gasteiger partial charge < -0.3 is 4.57 Å². The standard InChI is InChI=1S/C30H26BrN5O6S/c1-18(2)19-7-9-20(10-8-19)28-32-27(31)26-25(17-34-29(37)23-5-3-4-6-24(23)30(34)38)35(16-15-33(26)28)43(41,42)22-13-11-21(12-14-22)36(39)40/h3-14,18,25H,15-17H2,1-2H3/t25-/m1/s1. The SMILES string of the molecule is CC(C)c1ccc(-c2nc(Br)c3n2CCN(S(=O)(=O)c2ccc([N+](=O)[O-])cc2)[C@@H]3CN2C(=O)c3ccccc3C2=O)cc1. The van der Waals surface area contributed by atoms with Crippen molar-refractivity contribution >= 4 is 43.5 Å². The van der Waals surface area contributed by atoms with Crippen molar-refractivity contribution in [2.45, 2.75) is 37.2 Å². The highest BCUT2D eigenvalue weighted by Crippen LogP contribution is 2.40. The van der Waals surface area contributed by atoms with Crippen LogP contribution in [0.25, 0.3) is 11.4 Å². The predicted molar refractivity (Wildman–Crippen MR) is 161 cm³/mol. The number of carbonyl (C=O) groups excluding carboxylic acids is 2. The molecule has 0 bridgehead atoms. The quantitative estimate of drug-likeness (QED) is 0.147. The molecular formula is C30H26BrN5O6S. The summed E-state index contributed by atoms with van der Waals surface area (Å²) in [6.07, 6.45) is 0. The number of nitro benzene ring substituents is 1. The van der Waals surface area contributed by atoms with Gasteiger partial charge in [-0.05, 0) is 51.7 Å². The summed E-state index contributed by atoms with van der Waals surface area (Å²) in [6, 6.07) is 18.1. The van der Waals surface area contributed by atoms with Crippen molar-refractivity contribution in [1.82, 2.24) is 18.8 Å². The van der Waals surface area contributed by atoms with E-state index in [0.29, 0.717) is 22.0 Å². The Bertz CT molecular complexity index is 1850. The zero-order valence-electron chi connectivity index (χ0n) is 23.2. The summed E-state index contributed by atoms with van der Waals surface area (Å²) in [5.74, 6) is -0.0507. The Hall–Kier alpha value is -4.20.